The first kappa shape index (κ1) is 11.7. The number of hydrogen-bond donors (Lipinski definition) is 3. The SMILES string of the molecule is Nc1nc(N2CCC(N3CC[C@H](O)C3)CC2)n[nH]1. The molecule has 0 unspecified atom stereocenters. The molecular weight excluding hydrogens is 232 g/mol. The number of H-pyrrole nitrogens is 1. The van der Waals surface area contributed by atoms with Crippen LogP contribution >= 0.6 is 0 Å². The van der Waals surface area contributed by atoms with Crippen LogP contribution in [0.1, 0.15) is 19.3 Å². The quantitative estimate of drug-likeness (QED) is 0.652. The van der Waals surface area contributed by atoms with Gasteiger partial charge in [0.25, 0.3) is 0 Å². The van der Waals surface area contributed by atoms with E-state index in [9.17, 15) is 5.11 Å². The maximum Gasteiger partial charge on any atom is 0.246 e. The van der Waals surface area contributed by atoms with Gasteiger partial charge in [-0.1, -0.05) is 0 Å². The lowest BCUT2D eigenvalue weighted by Gasteiger charge is -2.36. The first-order valence-corrected chi connectivity index (χ1v) is 6.57. The summed E-state index contributed by atoms with van der Waals surface area (Å²) < 4.78 is 0. The number of piperidine rings is 1. The third-order valence-corrected chi connectivity index (χ3v) is 3.95. The lowest BCUT2D eigenvalue weighted by atomic mass is 10.0. The second-order valence-electron chi connectivity index (χ2n) is 5.18. The van der Waals surface area contributed by atoms with Crippen LogP contribution in [-0.2, 0) is 0 Å². The largest absolute Gasteiger partial charge is 0.392 e. The topological polar surface area (TPSA) is 94.3 Å². The molecular formula is C11H20N6O. The van der Waals surface area contributed by atoms with E-state index in [4.69, 9.17) is 5.73 Å². The van der Waals surface area contributed by atoms with E-state index in [2.05, 4.69) is 25.0 Å². The molecule has 0 bridgehead atoms. The van der Waals surface area contributed by atoms with Crippen LogP contribution in [0.2, 0.25) is 0 Å². The van der Waals surface area contributed by atoms with Crippen molar-refractivity contribution in [1.29, 1.82) is 0 Å². The molecule has 7 nitrogen and oxygen atoms in total. The Kier molecular flexibility index (Phi) is 3.09. The number of likely N-dealkylation sites (tertiary alicyclic amines) is 1. The molecule has 0 radical (unpaired) electrons. The van der Waals surface area contributed by atoms with Crippen molar-refractivity contribution in [2.75, 3.05) is 36.8 Å². The summed E-state index contributed by atoms with van der Waals surface area (Å²) in [6.45, 7) is 3.76. The number of nitrogens with zero attached hydrogens (tertiary/aromatic N) is 4. The fraction of sp³-hybridized carbons (Fsp3) is 0.818. The third-order valence-electron chi connectivity index (χ3n) is 3.95. The minimum Gasteiger partial charge on any atom is -0.392 e. The molecule has 1 aromatic heterocycles. The fourth-order valence-corrected chi connectivity index (χ4v) is 2.94. The van der Waals surface area contributed by atoms with E-state index in [1.165, 1.54) is 0 Å². The van der Waals surface area contributed by atoms with Gasteiger partial charge in [0, 0.05) is 32.2 Å². The van der Waals surface area contributed by atoms with Gasteiger partial charge in [0.1, 0.15) is 0 Å². The van der Waals surface area contributed by atoms with Crippen LogP contribution in [0.4, 0.5) is 11.9 Å². The van der Waals surface area contributed by atoms with Crippen LogP contribution in [0, 0.1) is 0 Å². The lowest BCUT2D eigenvalue weighted by Crippen LogP contribution is -2.44. The summed E-state index contributed by atoms with van der Waals surface area (Å²) in [4.78, 5) is 8.73. The van der Waals surface area contributed by atoms with E-state index in [0.717, 1.165) is 45.4 Å². The van der Waals surface area contributed by atoms with E-state index in [-0.39, 0.29) is 6.10 Å². The maximum atomic E-state index is 9.57. The van der Waals surface area contributed by atoms with Gasteiger partial charge in [0.2, 0.25) is 11.9 Å². The number of anilines is 2. The molecule has 4 N–H and O–H groups in total. The van der Waals surface area contributed by atoms with Gasteiger partial charge in [-0.15, -0.1) is 5.10 Å². The average molecular weight is 252 g/mol. The van der Waals surface area contributed by atoms with Crippen molar-refractivity contribution in [2.45, 2.75) is 31.4 Å². The molecule has 0 aliphatic carbocycles. The Morgan fingerprint density at radius 2 is 2.00 bits per heavy atom. The molecule has 18 heavy (non-hydrogen) atoms. The zero-order valence-electron chi connectivity index (χ0n) is 10.4. The smallest absolute Gasteiger partial charge is 0.246 e. The number of aromatic amines is 1. The average Bonchev–Trinajstić information content (AvgIpc) is 2.98. The van der Waals surface area contributed by atoms with Crippen molar-refractivity contribution < 1.29 is 5.11 Å². The first-order valence-electron chi connectivity index (χ1n) is 6.57. The number of aromatic nitrogens is 3. The molecule has 1 atom stereocenters. The molecule has 100 valence electrons. The normalized spacial score (nSPS) is 26.9. The van der Waals surface area contributed by atoms with E-state index in [1.54, 1.807) is 0 Å². The van der Waals surface area contributed by atoms with Gasteiger partial charge in [-0.3, -0.25) is 4.90 Å². The zero-order valence-corrected chi connectivity index (χ0v) is 10.4. The highest BCUT2D eigenvalue weighted by Crippen LogP contribution is 2.23. The van der Waals surface area contributed by atoms with Crippen molar-refractivity contribution in [3.63, 3.8) is 0 Å². The summed E-state index contributed by atoms with van der Waals surface area (Å²) in [7, 11) is 0. The summed E-state index contributed by atoms with van der Waals surface area (Å²) in [6, 6.07) is 0.592. The highest BCUT2D eigenvalue weighted by atomic mass is 16.3. The van der Waals surface area contributed by atoms with Crippen LogP contribution in [0.5, 0.6) is 0 Å². The molecule has 2 aliphatic heterocycles. The monoisotopic (exact) mass is 252 g/mol. The fourth-order valence-electron chi connectivity index (χ4n) is 2.94. The van der Waals surface area contributed by atoms with Crippen molar-refractivity contribution in [3.8, 4) is 0 Å². The molecule has 2 fully saturated rings. The molecule has 1 aromatic rings. The van der Waals surface area contributed by atoms with Gasteiger partial charge < -0.3 is 15.7 Å². The number of hydrogen-bond acceptors (Lipinski definition) is 6. The number of nitrogens with one attached hydrogen (secondary N) is 1. The Morgan fingerprint density at radius 3 is 2.56 bits per heavy atom. The van der Waals surface area contributed by atoms with Crippen LogP contribution in [0.15, 0.2) is 0 Å². The highest BCUT2D eigenvalue weighted by molar-refractivity contribution is 5.34. The summed E-state index contributed by atoms with van der Waals surface area (Å²) in [5, 5.41) is 16.3. The second kappa shape index (κ2) is 4.74. The molecule has 0 amide bonds. The summed E-state index contributed by atoms with van der Waals surface area (Å²) in [5.41, 5.74) is 5.54. The Balaban J connectivity index is 1.55. The number of nitrogens with two attached hydrogens (primary N) is 1. The Hall–Kier alpha value is -1.34. The first-order chi connectivity index (χ1) is 8.72. The van der Waals surface area contributed by atoms with Crippen LogP contribution in [0.25, 0.3) is 0 Å². The third kappa shape index (κ3) is 2.28. The van der Waals surface area contributed by atoms with E-state index in [1.807, 2.05) is 0 Å². The van der Waals surface area contributed by atoms with Crippen molar-refractivity contribution in [1.82, 2.24) is 20.1 Å². The van der Waals surface area contributed by atoms with E-state index in [0.29, 0.717) is 17.9 Å². The molecule has 2 saturated heterocycles. The molecule has 0 spiro atoms. The molecule has 0 saturated carbocycles. The van der Waals surface area contributed by atoms with Gasteiger partial charge in [-0.05, 0) is 19.3 Å². The van der Waals surface area contributed by atoms with Gasteiger partial charge in [0.15, 0.2) is 0 Å². The number of aliphatic hydroxyl groups is 1. The predicted octanol–water partition coefficient (Wildman–Crippen LogP) is -0.578. The summed E-state index contributed by atoms with van der Waals surface area (Å²) in [5.74, 6) is 1.07. The molecule has 7 heteroatoms. The zero-order chi connectivity index (χ0) is 12.5. The van der Waals surface area contributed by atoms with Crippen molar-refractivity contribution >= 4 is 11.9 Å². The molecule has 3 rings (SSSR count). The highest BCUT2D eigenvalue weighted by Gasteiger charge is 2.30. The molecule has 0 aromatic carbocycles. The van der Waals surface area contributed by atoms with Crippen molar-refractivity contribution in [3.05, 3.63) is 0 Å². The van der Waals surface area contributed by atoms with Gasteiger partial charge in [-0.25, -0.2) is 5.10 Å². The van der Waals surface area contributed by atoms with Crippen LogP contribution in [0.3, 0.4) is 0 Å². The van der Waals surface area contributed by atoms with Gasteiger partial charge in [0.05, 0.1) is 6.10 Å². The maximum absolute atomic E-state index is 9.57. The minimum absolute atomic E-state index is 0.129. The van der Waals surface area contributed by atoms with Crippen molar-refractivity contribution in [2.24, 2.45) is 0 Å². The number of rotatable bonds is 2. The van der Waals surface area contributed by atoms with Gasteiger partial charge in [-0.2, -0.15) is 4.98 Å². The Morgan fingerprint density at radius 1 is 1.22 bits per heavy atom. The number of aliphatic hydroxyl groups excluding tert-OH is 1. The summed E-state index contributed by atoms with van der Waals surface area (Å²) >= 11 is 0. The molecule has 3 heterocycles. The predicted molar refractivity (Wildman–Crippen MR) is 68.2 cm³/mol. The molecule has 2 aliphatic rings. The Labute approximate surface area is 106 Å². The number of nitrogen functional groups attached to an aromatic ring is 1. The lowest BCUT2D eigenvalue weighted by molar-refractivity contribution is 0.148. The standard InChI is InChI=1S/C11H20N6O/c12-10-13-11(15-14-10)16-4-1-8(2-5-16)17-6-3-9(18)7-17/h8-9,18H,1-7H2,(H3,12,13,14,15)/t9-/m0/s1. The number of β-amino-alcohol motifs (C(OH)–C–C–N with tert-alkyl or cyclic N) is 1. The van der Waals surface area contributed by atoms with E-state index >= 15 is 0 Å². The summed E-state index contributed by atoms with van der Waals surface area (Å²) in [6.07, 6.45) is 2.98. The Bertz CT molecular complexity index is 400. The van der Waals surface area contributed by atoms with Crippen LogP contribution in [-0.4, -0.2) is 63.5 Å². The van der Waals surface area contributed by atoms with Gasteiger partial charge >= 0.3 is 0 Å². The van der Waals surface area contributed by atoms with Crippen LogP contribution < -0.4 is 10.6 Å². The minimum atomic E-state index is -0.129. The second-order valence-corrected chi connectivity index (χ2v) is 5.18. The van der Waals surface area contributed by atoms with E-state index < -0.39 is 0 Å².